The van der Waals surface area contributed by atoms with Crippen LogP contribution >= 0.6 is 11.6 Å². The van der Waals surface area contributed by atoms with Gasteiger partial charge >= 0.3 is 0 Å². The summed E-state index contributed by atoms with van der Waals surface area (Å²) in [5.41, 5.74) is 2.10. The summed E-state index contributed by atoms with van der Waals surface area (Å²) in [6.07, 6.45) is 0. The lowest BCUT2D eigenvalue weighted by Gasteiger charge is -2.12. The molecule has 0 spiro atoms. The molecular weight excluding hydrogens is 534 g/mol. The van der Waals surface area contributed by atoms with Crippen molar-refractivity contribution in [1.82, 2.24) is 0 Å². The quantitative estimate of drug-likeness (QED) is 0.265. The first-order valence-electron chi connectivity index (χ1n) is 10.9. The van der Waals surface area contributed by atoms with Crippen LogP contribution in [0.5, 0.6) is 0 Å². The highest BCUT2D eigenvalue weighted by molar-refractivity contribution is 7.93. The molecular formula is C26H22ClN3O5S2. The molecule has 0 heterocycles. The molecule has 37 heavy (non-hydrogen) atoms. The van der Waals surface area contributed by atoms with E-state index in [-0.39, 0.29) is 26.1 Å². The average Bonchev–Trinajstić information content (AvgIpc) is 2.86. The Balaban J connectivity index is 1.43. The van der Waals surface area contributed by atoms with Crippen molar-refractivity contribution in [3.8, 4) is 0 Å². The number of carbonyl (C=O) groups excluding carboxylic acids is 1. The normalized spacial score (nSPS) is 11.5. The fourth-order valence-electron chi connectivity index (χ4n) is 3.33. The van der Waals surface area contributed by atoms with Gasteiger partial charge < -0.3 is 5.32 Å². The van der Waals surface area contributed by atoms with E-state index in [9.17, 15) is 21.6 Å². The van der Waals surface area contributed by atoms with Crippen molar-refractivity contribution in [3.05, 3.63) is 113 Å². The Morgan fingerprint density at radius 2 is 1.16 bits per heavy atom. The topological polar surface area (TPSA) is 121 Å². The summed E-state index contributed by atoms with van der Waals surface area (Å²) in [5.74, 6) is -0.546. The van der Waals surface area contributed by atoms with E-state index in [1.165, 1.54) is 54.6 Å². The Morgan fingerprint density at radius 3 is 1.76 bits per heavy atom. The molecule has 190 valence electrons. The van der Waals surface area contributed by atoms with Crippen LogP contribution in [0.2, 0.25) is 5.02 Å². The molecule has 0 unspecified atom stereocenters. The first-order valence-corrected chi connectivity index (χ1v) is 14.3. The number of benzene rings is 4. The van der Waals surface area contributed by atoms with E-state index in [1.54, 1.807) is 42.5 Å². The Labute approximate surface area is 220 Å². The Hall–Kier alpha value is -3.86. The van der Waals surface area contributed by atoms with Gasteiger partial charge in [-0.1, -0.05) is 47.5 Å². The Bertz CT molecular complexity index is 1640. The zero-order valence-electron chi connectivity index (χ0n) is 19.5. The summed E-state index contributed by atoms with van der Waals surface area (Å²) >= 11 is 6.25. The van der Waals surface area contributed by atoms with Crippen LogP contribution in [0, 0.1) is 6.92 Å². The van der Waals surface area contributed by atoms with Gasteiger partial charge in [0.2, 0.25) is 0 Å². The van der Waals surface area contributed by atoms with E-state index in [0.29, 0.717) is 11.4 Å². The van der Waals surface area contributed by atoms with Gasteiger partial charge in [0.15, 0.2) is 0 Å². The van der Waals surface area contributed by atoms with Crippen molar-refractivity contribution in [2.45, 2.75) is 16.7 Å². The van der Waals surface area contributed by atoms with Crippen LogP contribution in [0.4, 0.5) is 17.1 Å². The Kier molecular flexibility index (Phi) is 7.53. The van der Waals surface area contributed by atoms with Crippen molar-refractivity contribution >= 4 is 54.6 Å². The van der Waals surface area contributed by atoms with Crippen molar-refractivity contribution in [1.29, 1.82) is 0 Å². The molecule has 0 bridgehead atoms. The number of hydrogen-bond acceptors (Lipinski definition) is 5. The fourth-order valence-corrected chi connectivity index (χ4v) is 5.72. The number of rotatable bonds is 8. The van der Waals surface area contributed by atoms with Gasteiger partial charge in [0.25, 0.3) is 26.0 Å². The van der Waals surface area contributed by atoms with Gasteiger partial charge in [0.05, 0.1) is 26.1 Å². The minimum absolute atomic E-state index is 0.0270. The minimum Gasteiger partial charge on any atom is -0.322 e. The van der Waals surface area contributed by atoms with E-state index < -0.39 is 26.0 Å². The van der Waals surface area contributed by atoms with Crippen molar-refractivity contribution in [2.75, 3.05) is 14.8 Å². The lowest BCUT2D eigenvalue weighted by Crippen LogP contribution is -2.15. The summed E-state index contributed by atoms with van der Waals surface area (Å²) in [6, 6.07) is 24.6. The molecule has 8 nitrogen and oxygen atoms in total. The van der Waals surface area contributed by atoms with E-state index >= 15 is 0 Å². The molecule has 3 N–H and O–H groups in total. The second-order valence-electron chi connectivity index (χ2n) is 8.06. The van der Waals surface area contributed by atoms with E-state index in [4.69, 9.17) is 11.6 Å². The molecule has 0 saturated heterocycles. The van der Waals surface area contributed by atoms with Crippen molar-refractivity contribution in [2.24, 2.45) is 0 Å². The highest BCUT2D eigenvalue weighted by Gasteiger charge is 2.17. The smallest absolute Gasteiger partial charge is 0.261 e. The van der Waals surface area contributed by atoms with Gasteiger partial charge in [-0.15, -0.1) is 0 Å². The maximum Gasteiger partial charge on any atom is 0.261 e. The number of anilines is 3. The molecule has 0 radical (unpaired) electrons. The number of halogens is 1. The number of sulfonamides is 2. The third kappa shape index (κ3) is 6.48. The van der Waals surface area contributed by atoms with E-state index in [2.05, 4.69) is 14.8 Å². The van der Waals surface area contributed by atoms with Crippen LogP contribution in [0.3, 0.4) is 0 Å². The second kappa shape index (κ2) is 10.6. The zero-order chi connectivity index (χ0) is 26.6. The standard InChI is InChI=1S/C26H22ClN3O5S2/c1-18-7-9-20(10-8-18)29-37(34,35)23-14-11-19(12-15-23)28-26(31)24-16-13-21(17-25(24)27)30-36(32,33)22-5-3-2-4-6-22/h2-17,29-30H,1H3,(H,28,31). The number of hydrogen-bond donors (Lipinski definition) is 3. The molecule has 1 amide bonds. The summed E-state index contributed by atoms with van der Waals surface area (Å²) in [5, 5.41) is 2.68. The van der Waals surface area contributed by atoms with Gasteiger partial charge in [-0.2, -0.15) is 0 Å². The number of aryl methyl sites for hydroxylation is 1. The first kappa shape index (κ1) is 26.2. The number of nitrogens with one attached hydrogen (secondary N) is 3. The minimum atomic E-state index is -3.81. The van der Waals surface area contributed by atoms with Crippen LogP contribution in [0.25, 0.3) is 0 Å². The molecule has 0 aromatic heterocycles. The van der Waals surface area contributed by atoms with Crippen molar-refractivity contribution < 1.29 is 21.6 Å². The monoisotopic (exact) mass is 555 g/mol. The largest absolute Gasteiger partial charge is 0.322 e. The van der Waals surface area contributed by atoms with Crippen LogP contribution < -0.4 is 14.8 Å². The third-order valence-electron chi connectivity index (χ3n) is 5.25. The maximum atomic E-state index is 12.7. The van der Waals surface area contributed by atoms with Gasteiger partial charge in [-0.25, -0.2) is 16.8 Å². The number of amides is 1. The number of carbonyl (C=O) groups is 1. The predicted molar refractivity (Wildman–Crippen MR) is 145 cm³/mol. The fraction of sp³-hybridized carbons (Fsp3) is 0.0385. The SMILES string of the molecule is Cc1ccc(NS(=O)(=O)c2ccc(NC(=O)c3ccc(NS(=O)(=O)c4ccccc4)cc3Cl)cc2)cc1. The lowest BCUT2D eigenvalue weighted by molar-refractivity contribution is 0.102. The molecule has 0 aliphatic heterocycles. The molecule has 0 aliphatic carbocycles. The van der Waals surface area contributed by atoms with Gasteiger partial charge in [0, 0.05) is 11.4 Å². The molecule has 0 fully saturated rings. The molecule has 4 aromatic rings. The van der Waals surface area contributed by atoms with Crippen LogP contribution in [0.15, 0.2) is 107 Å². The zero-order valence-corrected chi connectivity index (χ0v) is 21.9. The van der Waals surface area contributed by atoms with Crippen molar-refractivity contribution in [3.63, 3.8) is 0 Å². The highest BCUT2D eigenvalue weighted by Crippen LogP contribution is 2.25. The molecule has 11 heteroatoms. The summed E-state index contributed by atoms with van der Waals surface area (Å²) in [7, 11) is -7.62. The maximum absolute atomic E-state index is 12.7. The van der Waals surface area contributed by atoms with Gasteiger partial charge in [0.1, 0.15) is 0 Å². The summed E-state index contributed by atoms with van der Waals surface area (Å²) in [6.45, 7) is 1.90. The molecule has 0 aliphatic rings. The van der Waals surface area contributed by atoms with Crippen LogP contribution in [-0.2, 0) is 20.0 Å². The van der Waals surface area contributed by atoms with Crippen LogP contribution in [0.1, 0.15) is 15.9 Å². The third-order valence-corrected chi connectivity index (χ3v) is 8.35. The molecule has 0 atom stereocenters. The Morgan fingerprint density at radius 1 is 0.649 bits per heavy atom. The van der Waals surface area contributed by atoms with E-state index in [1.807, 2.05) is 6.92 Å². The van der Waals surface area contributed by atoms with Crippen LogP contribution in [-0.4, -0.2) is 22.7 Å². The predicted octanol–water partition coefficient (Wildman–Crippen LogP) is 5.50. The first-order chi connectivity index (χ1) is 17.5. The summed E-state index contributed by atoms with van der Waals surface area (Å²) in [4.78, 5) is 12.9. The molecule has 4 rings (SSSR count). The molecule has 4 aromatic carbocycles. The highest BCUT2D eigenvalue weighted by atomic mass is 35.5. The lowest BCUT2D eigenvalue weighted by atomic mass is 10.2. The van der Waals surface area contributed by atoms with E-state index in [0.717, 1.165) is 5.56 Å². The second-order valence-corrected chi connectivity index (χ2v) is 11.8. The summed E-state index contributed by atoms with van der Waals surface area (Å²) < 4.78 is 55.2. The molecule has 0 saturated carbocycles. The average molecular weight is 556 g/mol. The van der Waals surface area contributed by atoms with Gasteiger partial charge in [-0.3, -0.25) is 14.2 Å². The van der Waals surface area contributed by atoms with Gasteiger partial charge in [-0.05, 0) is 73.7 Å².